The maximum absolute atomic E-state index is 13.3. The van der Waals surface area contributed by atoms with Crippen LogP contribution in [0.5, 0.6) is 0 Å². The third-order valence-corrected chi connectivity index (χ3v) is 6.79. The zero-order valence-corrected chi connectivity index (χ0v) is 16.7. The minimum Gasteiger partial charge on any atom is -0.338 e. The lowest BCUT2D eigenvalue weighted by molar-refractivity contribution is -0.256. The van der Waals surface area contributed by atoms with Crippen LogP contribution in [0.3, 0.4) is 0 Å². The van der Waals surface area contributed by atoms with Gasteiger partial charge < -0.3 is 14.4 Å². The Morgan fingerprint density at radius 3 is 2.68 bits per heavy atom. The molecule has 28 heavy (non-hydrogen) atoms. The first kappa shape index (κ1) is 18.4. The van der Waals surface area contributed by atoms with Crippen molar-refractivity contribution < 1.29 is 18.7 Å². The molecule has 7 heteroatoms. The summed E-state index contributed by atoms with van der Waals surface area (Å²) < 4.78 is 25.2. The van der Waals surface area contributed by atoms with Gasteiger partial charge in [-0.3, -0.25) is 4.79 Å². The Hall–Kier alpha value is -1.60. The number of nitrogens with zero attached hydrogens (tertiary/aromatic N) is 1. The maximum atomic E-state index is 13.3. The second-order valence-corrected chi connectivity index (χ2v) is 8.90. The molecular formula is C21H19ClFNO3S. The number of ether oxygens (including phenoxy) is 2. The SMILES string of the molecule is O=C1N(CC2CC2)c2ccc(Sc3ccc(F)cc3Cl)cc2C12OCCCO2. The number of amides is 1. The molecule has 1 saturated heterocycles. The molecule has 2 heterocycles. The fourth-order valence-corrected chi connectivity index (χ4v) is 4.86. The minimum absolute atomic E-state index is 0.129. The second-order valence-electron chi connectivity index (χ2n) is 7.38. The van der Waals surface area contributed by atoms with E-state index in [0.717, 1.165) is 40.3 Å². The summed E-state index contributed by atoms with van der Waals surface area (Å²) in [6, 6.07) is 10.2. The molecule has 1 aliphatic carbocycles. The van der Waals surface area contributed by atoms with Crippen LogP contribution >= 0.6 is 23.4 Å². The number of carbonyl (C=O) groups is 1. The first-order valence-corrected chi connectivity index (χ1v) is 10.6. The van der Waals surface area contributed by atoms with Crippen LogP contribution in [0.15, 0.2) is 46.2 Å². The first-order valence-electron chi connectivity index (χ1n) is 9.44. The van der Waals surface area contributed by atoms with Crippen molar-refractivity contribution >= 4 is 35.0 Å². The van der Waals surface area contributed by atoms with Gasteiger partial charge in [-0.25, -0.2) is 4.39 Å². The predicted octanol–water partition coefficient (Wildman–Crippen LogP) is 4.98. The molecule has 0 unspecified atom stereocenters. The van der Waals surface area contributed by atoms with E-state index in [1.54, 1.807) is 6.07 Å². The molecule has 2 aliphatic heterocycles. The number of halogens is 2. The highest BCUT2D eigenvalue weighted by molar-refractivity contribution is 7.99. The van der Waals surface area contributed by atoms with Crippen molar-refractivity contribution in [1.29, 1.82) is 0 Å². The largest absolute Gasteiger partial charge is 0.338 e. The van der Waals surface area contributed by atoms with E-state index >= 15 is 0 Å². The van der Waals surface area contributed by atoms with Crippen molar-refractivity contribution in [2.45, 2.75) is 34.8 Å². The van der Waals surface area contributed by atoms with Gasteiger partial charge in [-0.05, 0) is 61.6 Å². The summed E-state index contributed by atoms with van der Waals surface area (Å²) in [4.78, 5) is 16.7. The van der Waals surface area contributed by atoms with Crippen LogP contribution in [-0.4, -0.2) is 25.7 Å². The van der Waals surface area contributed by atoms with Crippen LogP contribution in [0.4, 0.5) is 10.1 Å². The third kappa shape index (κ3) is 3.12. The molecule has 2 aromatic rings. The molecule has 5 rings (SSSR count). The van der Waals surface area contributed by atoms with Gasteiger partial charge in [0.05, 0.1) is 23.9 Å². The fourth-order valence-electron chi connectivity index (χ4n) is 3.72. The van der Waals surface area contributed by atoms with Crippen LogP contribution in [0.2, 0.25) is 5.02 Å². The number of fused-ring (bicyclic) bond motifs is 2. The summed E-state index contributed by atoms with van der Waals surface area (Å²) in [7, 11) is 0. The number of rotatable bonds is 4. The number of hydrogen-bond donors (Lipinski definition) is 0. The van der Waals surface area contributed by atoms with Gasteiger partial charge >= 0.3 is 0 Å². The molecule has 1 saturated carbocycles. The highest BCUT2D eigenvalue weighted by Crippen LogP contribution is 2.48. The van der Waals surface area contributed by atoms with Crippen LogP contribution in [-0.2, 0) is 20.1 Å². The van der Waals surface area contributed by atoms with Crippen molar-refractivity contribution in [3.8, 4) is 0 Å². The molecule has 0 N–H and O–H groups in total. The topological polar surface area (TPSA) is 38.8 Å². The average molecular weight is 420 g/mol. The smallest absolute Gasteiger partial charge is 0.292 e. The van der Waals surface area contributed by atoms with Crippen LogP contribution in [0.25, 0.3) is 0 Å². The molecular weight excluding hydrogens is 401 g/mol. The normalized spacial score (nSPS) is 20.6. The number of hydrogen-bond acceptors (Lipinski definition) is 4. The molecule has 1 amide bonds. The predicted molar refractivity (Wildman–Crippen MR) is 105 cm³/mol. The maximum Gasteiger partial charge on any atom is 0.292 e. The first-order chi connectivity index (χ1) is 13.6. The van der Waals surface area contributed by atoms with Gasteiger partial charge in [-0.1, -0.05) is 23.4 Å². The van der Waals surface area contributed by atoms with E-state index in [0.29, 0.717) is 30.7 Å². The third-order valence-electron chi connectivity index (χ3n) is 5.30. The monoisotopic (exact) mass is 419 g/mol. The second kappa shape index (κ2) is 7.02. The van der Waals surface area contributed by atoms with Crippen molar-refractivity contribution in [2.75, 3.05) is 24.7 Å². The Bertz CT molecular complexity index is 943. The minimum atomic E-state index is -1.34. The molecule has 0 radical (unpaired) electrons. The van der Waals surface area contributed by atoms with Gasteiger partial charge in [-0.2, -0.15) is 0 Å². The Balaban J connectivity index is 1.52. The highest BCUT2D eigenvalue weighted by atomic mass is 35.5. The lowest BCUT2D eigenvalue weighted by atomic mass is 10.1. The Morgan fingerprint density at radius 2 is 1.96 bits per heavy atom. The molecule has 2 fully saturated rings. The van der Waals surface area contributed by atoms with E-state index < -0.39 is 5.79 Å². The van der Waals surface area contributed by atoms with Gasteiger partial charge in [-0.15, -0.1) is 0 Å². The summed E-state index contributed by atoms with van der Waals surface area (Å²) >= 11 is 7.60. The van der Waals surface area contributed by atoms with Gasteiger partial charge in [0.15, 0.2) is 0 Å². The van der Waals surface area contributed by atoms with Crippen molar-refractivity contribution in [2.24, 2.45) is 5.92 Å². The van der Waals surface area contributed by atoms with Crippen molar-refractivity contribution in [1.82, 2.24) is 0 Å². The molecule has 4 nitrogen and oxygen atoms in total. The fraction of sp³-hybridized carbons (Fsp3) is 0.381. The average Bonchev–Trinajstić information content (AvgIpc) is 3.49. The summed E-state index contributed by atoms with van der Waals surface area (Å²) in [6.07, 6.45) is 3.09. The van der Waals surface area contributed by atoms with E-state index in [1.165, 1.54) is 23.9 Å². The van der Waals surface area contributed by atoms with E-state index in [1.807, 2.05) is 23.1 Å². The molecule has 0 atom stereocenters. The molecule has 1 spiro atoms. The van der Waals surface area contributed by atoms with E-state index in [9.17, 15) is 9.18 Å². The van der Waals surface area contributed by atoms with Crippen LogP contribution < -0.4 is 4.90 Å². The Labute approximate surface area is 171 Å². The van der Waals surface area contributed by atoms with E-state index in [-0.39, 0.29) is 11.7 Å². The zero-order valence-electron chi connectivity index (χ0n) is 15.1. The molecule has 146 valence electrons. The molecule has 0 aromatic heterocycles. The summed E-state index contributed by atoms with van der Waals surface area (Å²) in [5.41, 5.74) is 1.61. The van der Waals surface area contributed by atoms with E-state index in [4.69, 9.17) is 21.1 Å². The number of carbonyl (C=O) groups excluding carboxylic acids is 1. The zero-order chi connectivity index (χ0) is 19.3. The summed E-state index contributed by atoms with van der Waals surface area (Å²) in [6.45, 7) is 1.68. The van der Waals surface area contributed by atoms with Gasteiger partial charge in [0.25, 0.3) is 11.7 Å². The van der Waals surface area contributed by atoms with Gasteiger partial charge in [0.1, 0.15) is 5.82 Å². The Morgan fingerprint density at radius 1 is 1.18 bits per heavy atom. The van der Waals surface area contributed by atoms with Gasteiger partial charge in [0.2, 0.25) is 0 Å². The van der Waals surface area contributed by atoms with Gasteiger partial charge in [0, 0.05) is 21.9 Å². The Kier molecular flexibility index (Phi) is 4.62. The molecule has 3 aliphatic rings. The highest BCUT2D eigenvalue weighted by Gasteiger charge is 2.55. The quantitative estimate of drug-likeness (QED) is 0.700. The number of benzene rings is 2. The summed E-state index contributed by atoms with van der Waals surface area (Å²) in [5, 5.41) is 0.358. The number of anilines is 1. The van der Waals surface area contributed by atoms with E-state index in [2.05, 4.69) is 0 Å². The standard InChI is InChI=1S/C21H19ClFNO3S/c22-17-10-14(23)4-7-19(17)28-15-5-6-18-16(11-15)21(26-8-1-9-27-21)20(25)24(18)12-13-2-3-13/h4-7,10-11,13H,1-3,8-9,12H2. The lowest BCUT2D eigenvalue weighted by Crippen LogP contribution is -2.47. The lowest BCUT2D eigenvalue weighted by Gasteiger charge is -2.32. The van der Waals surface area contributed by atoms with Crippen molar-refractivity contribution in [3.63, 3.8) is 0 Å². The van der Waals surface area contributed by atoms with Crippen LogP contribution in [0, 0.1) is 11.7 Å². The molecule has 2 aromatic carbocycles. The van der Waals surface area contributed by atoms with Crippen molar-refractivity contribution in [3.05, 3.63) is 52.8 Å². The summed E-state index contributed by atoms with van der Waals surface area (Å²) in [5.74, 6) is -1.28. The van der Waals surface area contributed by atoms with Crippen LogP contribution in [0.1, 0.15) is 24.8 Å². The molecule has 0 bridgehead atoms.